The number of hydrogen-bond acceptors (Lipinski definition) is 3. The third-order valence-electron chi connectivity index (χ3n) is 3.34. The van der Waals surface area contributed by atoms with Gasteiger partial charge in [-0.1, -0.05) is 6.07 Å². The third-order valence-corrected chi connectivity index (χ3v) is 3.34. The van der Waals surface area contributed by atoms with Crippen LogP contribution in [0.1, 0.15) is 31.4 Å². The molecule has 0 amide bonds. The summed E-state index contributed by atoms with van der Waals surface area (Å²) in [5.74, 6) is 0.271. The van der Waals surface area contributed by atoms with Gasteiger partial charge in [0.25, 0.3) is 0 Å². The molecule has 100 valence electrons. The van der Waals surface area contributed by atoms with Crippen molar-refractivity contribution in [2.45, 2.75) is 31.8 Å². The molecule has 0 unspecified atom stereocenters. The van der Waals surface area contributed by atoms with Crippen LogP contribution in [0, 0.1) is 5.82 Å². The van der Waals surface area contributed by atoms with Crippen molar-refractivity contribution in [3.8, 4) is 5.75 Å². The van der Waals surface area contributed by atoms with Crippen LogP contribution in [0.25, 0.3) is 0 Å². The SMILES string of the molecule is C[C@H](N)c1c(F)cccc1OCCN(C)C1CC1. The van der Waals surface area contributed by atoms with Gasteiger partial charge in [0.2, 0.25) is 0 Å². The molecule has 1 saturated carbocycles. The van der Waals surface area contributed by atoms with Gasteiger partial charge in [0, 0.05) is 24.2 Å². The molecule has 1 aromatic carbocycles. The van der Waals surface area contributed by atoms with E-state index >= 15 is 0 Å². The highest BCUT2D eigenvalue weighted by Crippen LogP contribution is 2.27. The van der Waals surface area contributed by atoms with Crippen LogP contribution in [-0.2, 0) is 0 Å². The number of rotatable bonds is 6. The van der Waals surface area contributed by atoms with Crippen LogP contribution in [0.3, 0.4) is 0 Å². The quantitative estimate of drug-likeness (QED) is 0.844. The summed E-state index contributed by atoms with van der Waals surface area (Å²) in [6.07, 6.45) is 2.56. The van der Waals surface area contributed by atoms with Crippen molar-refractivity contribution in [2.24, 2.45) is 5.73 Å². The van der Waals surface area contributed by atoms with E-state index in [1.54, 1.807) is 19.1 Å². The van der Waals surface area contributed by atoms with Gasteiger partial charge < -0.3 is 15.4 Å². The lowest BCUT2D eigenvalue weighted by Gasteiger charge is -2.18. The number of ether oxygens (including phenoxy) is 1. The zero-order chi connectivity index (χ0) is 13.1. The summed E-state index contributed by atoms with van der Waals surface area (Å²) < 4.78 is 19.3. The van der Waals surface area contributed by atoms with E-state index in [9.17, 15) is 4.39 Å². The van der Waals surface area contributed by atoms with Crippen LogP contribution in [0.2, 0.25) is 0 Å². The van der Waals surface area contributed by atoms with E-state index in [4.69, 9.17) is 10.5 Å². The molecule has 18 heavy (non-hydrogen) atoms. The van der Waals surface area contributed by atoms with Crippen LogP contribution in [0.15, 0.2) is 18.2 Å². The van der Waals surface area contributed by atoms with E-state index in [2.05, 4.69) is 11.9 Å². The molecule has 0 saturated heterocycles. The molecule has 1 aliphatic carbocycles. The summed E-state index contributed by atoms with van der Waals surface area (Å²) in [4.78, 5) is 2.28. The smallest absolute Gasteiger partial charge is 0.131 e. The van der Waals surface area contributed by atoms with Gasteiger partial charge in [-0.25, -0.2) is 4.39 Å². The Morgan fingerprint density at radius 2 is 2.22 bits per heavy atom. The lowest BCUT2D eigenvalue weighted by atomic mass is 10.1. The molecule has 0 bridgehead atoms. The fourth-order valence-electron chi connectivity index (χ4n) is 2.08. The second-order valence-electron chi connectivity index (χ2n) is 5.00. The molecule has 2 rings (SSSR count). The molecule has 0 aromatic heterocycles. The van der Waals surface area contributed by atoms with Crippen molar-refractivity contribution in [1.82, 2.24) is 4.90 Å². The maximum atomic E-state index is 13.7. The molecule has 1 atom stereocenters. The molecule has 4 heteroatoms. The first kappa shape index (κ1) is 13.3. The predicted molar refractivity (Wildman–Crippen MR) is 70.1 cm³/mol. The van der Waals surface area contributed by atoms with Gasteiger partial charge in [-0.05, 0) is 38.9 Å². The molecular formula is C14H21FN2O. The van der Waals surface area contributed by atoms with Gasteiger partial charge in [-0.2, -0.15) is 0 Å². The van der Waals surface area contributed by atoms with Gasteiger partial charge in [-0.15, -0.1) is 0 Å². The first-order valence-corrected chi connectivity index (χ1v) is 6.46. The monoisotopic (exact) mass is 252 g/mol. The zero-order valence-corrected chi connectivity index (χ0v) is 11.0. The fourth-order valence-corrected chi connectivity index (χ4v) is 2.08. The minimum absolute atomic E-state index is 0.293. The van der Waals surface area contributed by atoms with Crippen molar-refractivity contribution in [1.29, 1.82) is 0 Å². The second kappa shape index (κ2) is 5.67. The number of likely N-dealkylation sites (N-methyl/N-ethyl adjacent to an activating group) is 1. The highest BCUT2D eigenvalue weighted by atomic mass is 19.1. The number of hydrogen-bond donors (Lipinski definition) is 1. The van der Waals surface area contributed by atoms with Gasteiger partial charge in [-0.3, -0.25) is 0 Å². The molecule has 0 aliphatic heterocycles. The zero-order valence-electron chi connectivity index (χ0n) is 11.0. The number of halogens is 1. The van der Waals surface area contributed by atoms with Crippen molar-refractivity contribution < 1.29 is 9.13 Å². The van der Waals surface area contributed by atoms with E-state index in [-0.39, 0.29) is 11.9 Å². The largest absolute Gasteiger partial charge is 0.492 e. The normalized spacial score (nSPS) is 16.9. The van der Waals surface area contributed by atoms with Crippen LogP contribution in [-0.4, -0.2) is 31.1 Å². The highest BCUT2D eigenvalue weighted by Gasteiger charge is 2.25. The maximum Gasteiger partial charge on any atom is 0.131 e. The van der Waals surface area contributed by atoms with E-state index in [1.807, 2.05) is 0 Å². The molecular weight excluding hydrogens is 231 g/mol. The lowest BCUT2D eigenvalue weighted by molar-refractivity contribution is 0.229. The highest BCUT2D eigenvalue weighted by molar-refractivity contribution is 5.36. The van der Waals surface area contributed by atoms with Crippen LogP contribution in [0.4, 0.5) is 4.39 Å². The Balaban J connectivity index is 1.93. The number of benzene rings is 1. The van der Waals surface area contributed by atoms with Crippen molar-refractivity contribution >= 4 is 0 Å². The summed E-state index contributed by atoms with van der Waals surface area (Å²) >= 11 is 0. The maximum absolute atomic E-state index is 13.7. The van der Waals surface area contributed by atoms with Crippen molar-refractivity contribution in [2.75, 3.05) is 20.2 Å². The van der Waals surface area contributed by atoms with Gasteiger partial charge in [0.05, 0.1) is 0 Å². The van der Waals surface area contributed by atoms with Crippen LogP contribution in [0.5, 0.6) is 5.75 Å². The standard InChI is InChI=1S/C14H21FN2O/c1-10(16)14-12(15)4-3-5-13(14)18-9-8-17(2)11-6-7-11/h3-5,10-11H,6-9,16H2,1-2H3/t10-/m0/s1. The van der Waals surface area contributed by atoms with Crippen molar-refractivity contribution in [3.63, 3.8) is 0 Å². The third kappa shape index (κ3) is 3.21. The summed E-state index contributed by atoms with van der Waals surface area (Å²) in [6, 6.07) is 5.21. The molecule has 1 fully saturated rings. The molecule has 1 aromatic rings. The Kier molecular flexibility index (Phi) is 4.19. The Bertz CT molecular complexity index is 405. The molecule has 2 N–H and O–H groups in total. The van der Waals surface area contributed by atoms with E-state index in [0.29, 0.717) is 24.0 Å². The predicted octanol–water partition coefficient (Wildman–Crippen LogP) is 2.32. The topological polar surface area (TPSA) is 38.5 Å². The summed E-state index contributed by atoms with van der Waals surface area (Å²) in [7, 11) is 2.10. The van der Waals surface area contributed by atoms with Gasteiger partial charge in [0.15, 0.2) is 0 Å². The molecule has 0 radical (unpaired) electrons. The minimum Gasteiger partial charge on any atom is -0.492 e. The number of nitrogens with two attached hydrogens (primary N) is 1. The molecule has 0 spiro atoms. The van der Waals surface area contributed by atoms with E-state index in [0.717, 1.165) is 6.54 Å². The lowest BCUT2D eigenvalue weighted by Crippen LogP contribution is -2.26. The van der Waals surface area contributed by atoms with Gasteiger partial charge in [0.1, 0.15) is 18.2 Å². The summed E-state index contributed by atoms with van der Waals surface area (Å²) in [5, 5.41) is 0. The van der Waals surface area contributed by atoms with Crippen LogP contribution >= 0.6 is 0 Å². The molecule has 1 aliphatic rings. The average molecular weight is 252 g/mol. The first-order valence-electron chi connectivity index (χ1n) is 6.46. The number of nitrogens with zero attached hydrogens (tertiary/aromatic N) is 1. The van der Waals surface area contributed by atoms with Crippen molar-refractivity contribution in [3.05, 3.63) is 29.6 Å². The minimum atomic E-state index is -0.359. The second-order valence-corrected chi connectivity index (χ2v) is 5.00. The molecule has 3 nitrogen and oxygen atoms in total. The Morgan fingerprint density at radius 3 is 2.83 bits per heavy atom. The average Bonchev–Trinajstić information content (AvgIpc) is 3.12. The summed E-state index contributed by atoms with van der Waals surface area (Å²) in [6.45, 7) is 3.19. The van der Waals surface area contributed by atoms with Crippen LogP contribution < -0.4 is 10.5 Å². The Labute approximate surface area is 108 Å². The Morgan fingerprint density at radius 1 is 1.50 bits per heavy atom. The Hall–Kier alpha value is -1.13. The first-order chi connectivity index (χ1) is 8.59. The summed E-state index contributed by atoms with van der Waals surface area (Å²) in [5.41, 5.74) is 6.24. The van der Waals surface area contributed by atoms with Gasteiger partial charge >= 0.3 is 0 Å². The van der Waals surface area contributed by atoms with E-state index in [1.165, 1.54) is 18.9 Å². The van der Waals surface area contributed by atoms with E-state index < -0.39 is 0 Å². The molecule has 0 heterocycles. The fraction of sp³-hybridized carbons (Fsp3) is 0.571.